The number of alkyl halides is 2. The number of benzene rings is 1. The summed E-state index contributed by atoms with van der Waals surface area (Å²) in [5.74, 6) is -0.857. The lowest BCUT2D eigenvalue weighted by atomic mass is 10.2. The first-order valence-corrected chi connectivity index (χ1v) is 4.31. The van der Waals surface area contributed by atoms with Crippen molar-refractivity contribution in [2.75, 3.05) is 0 Å². The molecule has 1 N–H and O–H groups in total. The molecule has 0 bridgehead atoms. The number of rotatable bonds is 2. The lowest BCUT2D eigenvalue weighted by Crippen LogP contribution is -1.97. The van der Waals surface area contributed by atoms with Crippen LogP contribution in [0, 0.1) is 5.82 Å². The van der Waals surface area contributed by atoms with Crippen molar-refractivity contribution in [3.05, 3.63) is 29.6 Å². The van der Waals surface area contributed by atoms with Crippen LogP contribution in [-0.2, 0) is 11.1 Å². The second-order valence-corrected chi connectivity index (χ2v) is 3.17. The van der Waals surface area contributed by atoms with Crippen LogP contribution < -0.4 is 0 Å². The average molecular weight is 210 g/mol. The van der Waals surface area contributed by atoms with Crippen LogP contribution in [0.1, 0.15) is 12.0 Å². The van der Waals surface area contributed by atoms with E-state index in [9.17, 15) is 17.4 Å². The molecule has 1 rings (SSSR count). The van der Waals surface area contributed by atoms with Gasteiger partial charge in [-0.2, -0.15) is 0 Å². The maximum atomic E-state index is 12.5. The third-order valence-corrected chi connectivity index (χ3v) is 2.14. The van der Waals surface area contributed by atoms with Crippen molar-refractivity contribution in [3.8, 4) is 0 Å². The molecule has 2 nitrogen and oxygen atoms in total. The quantitative estimate of drug-likeness (QED) is 0.760. The minimum Gasteiger partial charge on any atom is -0.302 e. The standard InChI is InChI=1S/C7H5F3O2S/c8-4-1-2-6(13(11)12)5(3-4)7(9)10/h1-3,7H,(H,11,12). The Morgan fingerprint density at radius 1 is 1.38 bits per heavy atom. The normalized spacial score (nSPS) is 13.3. The van der Waals surface area contributed by atoms with Crippen molar-refractivity contribution in [3.63, 3.8) is 0 Å². The molecule has 0 fully saturated rings. The van der Waals surface area contributed by atoms with Gasteiger partial charge in [-0.05, 0) is 18.2 Å². The summed E-state index contributed by atoms with van der Waals surface area (Å²) in [4.78, 5) is -0.462. The summed E-state index contributed by atoms with van der Waals surface area (Å²) in [5, 5.41) is 0. The fraction of sp³-hybridized carbons (Fsp3) is 0.143. The van der Waals surface area contributed by atoms with Gasteiger partial charge in [-0.25, -0.2) is 17.4 Å². The molecule has 1 aromatic rings. The summed E-state index contributed by atoms with van der Waals surface area (Å²) < 4.78 is 55.8. The van der Waals surface area contributed by atoms with Crippen molar-refractivity contribution >= 4 is 11.1 Å². The molecule has 0 radical (unpaired) electrons. The first-order chi connectivity index (χ1) is 6.02. The zero-order valence-corrected chi connectivity index (χ0v) is 7.02. The highest BCUT2D eigenvalue weighted by Crippen LogP contribution is 2.25. The largest absolute Gasteiger partial charge is 0.302 e. The van der Waals surface area contributed by atoms with E-state index in [1.165, 1.54) is 0 Å². The van der Waals surface area contributed by atoms with Crippen LogP contribution in [0.2, 0.25) is 0 Å². The van der Waals surface area contributed by atoms with E-state index in [4.69, 9.17) is 4.55 Å². The van der Waals surface area contributed by atoms with E-state index in [-0.39, 0.29) is 0 Å². The van der Waals surface area contributed by atoms with Gasteiger partial charge in [0.15, 0.2) is 11.1 Å². The SMILES string of the molecule is O=S(O)c1ccc(F)cc1C(F)F. The zero-order chi connectivity index (χ0) is 10.0. The van der Waals surface area contributed by atoms with Crippen LogP contribution in [0.25, 0.3) is 0 Å². The van der Waals surface area contributed by atoms with E-state index < -0.39 is 33.8 Å². The molecule has 0 heterocycles. The van der Waals surface area contributed by atoms with Gasteiger partial charge in [0.1, 0.15) is 5.82 Å². The maximum absolute atomic E-state index is 12.5. The Labute approximate surface area is 74.7 Å². The monoisotopic (exact) mass is 210 g/mol. The Morgan fingerprint density at radius 3 is 2.46 bits per heavy atom. The number of hydrogen-bond donors (Lipinski definition) is 1. The van der Waals surface area contributed by atoms with Crippen LogP contribution in [0.15, 0.2) is 23.1 Å². The van der Waals surface area contributed by atoms with Crippen molar-refractivity contribution in [2.45, 2.75) is 11.3 Å². The molecule has 72 valence electrons. The second kappa shape index (κ2) is 3.89. The maximum Gasteiger partial charge on any atom is 0.265 e. The van der Waals surface area contributed by atoms with Crippen LogP contribution >= 0.6 is 0 Å². The first kappa shape index (κ1) is 10.2. The van der Waals surface area contributed by atoms with Gasteiger partial charge in [-0.3, -0.25) is 0 Å². The lowest BCUT2D eigenvalue weighted by molar-refractivity contribution is 0.147. The minimum atomic E-state index is -2.96. The Balaban J connectivity index is 3.26. The van der Waals surface area contributed by atoms with E-state index in [0.29, 0.717) is 6.07 Å². The van der Waals surface area contributed by atoms with Crippen LogP contribution in [0.4, 0.5) is 13.2 Å². The number of halogens is 3. The van der Waals surface area contributed by atoms with E-state index in [1.54, 1.807) is 0 Å². The van der Waals surface area contributed by atoms with Crippen molar-refractivity contribution in [1.29, 1.82) is 0 Å². The van der Waals surface area contributed by atoms with Gasteiger partial charge in [-0.15, -0.1) is 0 Å². The van der Waals surface area contributed by atoms with Gasteiger partial charge in [0.2, 0.25) is 0 Å². The van der Waals surface area contributed by atoms with Gasteiger partial charge >= 0.3 is 0 Å². The van der Waals surface area contributed by atoms with Crippen molar-refractivity contribution < 1.29 is 21.9 Å². The Morgan fingerprint density at radius 2 is 2.00 bits per heavy atom. The fourth-order valence-corrected chi connectivity index (χ4v) is 1.38. The second-order valence-electron chi connectivity index (χ2n) is 2.23. The molecule has 1 atom stereocenters. The highest BCUT2D eigenvalue weighted by molar-refractivity contribution is 7.79. The summed E-state index contributed by atoms with van der Waals surface area (Å²) in [7, 11) is 0. The Kier molecular flexibility index (Phi) is 3.05. The zero-order valence-electron chi connectivity index (χ0n) is 6.21. The predicted octanol–water partition coefficient (Wildman–Crippen LogP) is 2.34. The van der Waals surface area contributed by atoms with Gasteiger partial charge in [0, 0.05) is 5.56 Å². The van der Waals surface area contributed by atoms with Crippen LogP contribution in [-0.4, -0.2) is 8.76 Å². The van der Waals surface area contributed by atoms with E-state index in [0.717, 1.165) is 12.1 Å². The van der Waals surface area contributed by atoms with Crippen molar-refractivity contribution in [2.24, 2.45) is 0 Å². The Hall–Kier alpha value is -0.880. The molecular formula is C7H5F3O2S. The summed E-state index contributed by atoms with van der Waals surface area (Å²) in [6.07, 6.45) is -2.96. The molecule has 1 aromatic carbocycles. The molecular weight excluding hydrogens is 205 g/mol. The van der Waals surface area contributed by atoms with Gasteiger partial charge in [0.25, 0.3) is 6.43 Å². The molecule has 0 amide bonds. The summed E-state index contributed by atoms with van der Waals surface area (Å²) in [5.41, 5.74) is -0.749. The first-order valence-electron chi connectivity index (χ1n) is 3.21. The van der Waals surface area contributed by atoms with Gasteiger partial charge < -0.3 is 4.55 Å². The molecule has 6 heteroatoms. The molecule has 1 unspecified atom stereocenters. The highest BCUT2D eigenvalue weighted by atomic mass is 32.2. The topological polar surface area (TPSA) is 37.3 Å². The lowest BCUT2D eigenvalue weighted by Gasteiger charge is -2.04. The molecule has 0 spiro atoms. The highest BCUT2D eigenvalue weighted by Gasteiger charge is 2.16. The molecule has 0 aliphatic carbocycles. The third-order valence-electron chi connectivity index (χ3n) is 1.40. The minimum absolute atomic E-state index is 0.462. The molecule has 0 aliphatic rings. The molecule has 13 heavy (non-hydrogen) atoms. The molecule has 0 aliphatic heterocycles. The molecule has 0 aromatic heterocycles. The van der Waals surface area contributed by atoms with Crippen molar-refractivity contribution in [1.82, 2.24) is 0 Å². The summed E-state index contributed by atoms with van der Waals surface area (Å²) >= 11 is -2.52. The van der Waals surface area contributed by atoms with Crippen LogP contribution in [0.3, 0.4) is 0 Å². The van der Waals surface area contributed by atoms with E-state index in [1.807, 2.05) is 0 Å². The van der Waals surface area contributed by atoms with E-state index in [2.05, 4.69) is 0 Å². The third kappa shape index (κ3) is 2.28. The average Bonchev–Trinajstić information content (AvgIpc) is 2.03. The van der Waals surface area contributed by atoms with Crippen LogP contribution in [0.5, 0.6) is 0 Å². The van der Waals surface area contributed by atoms with Gasteiger partial charge in [-0.1, -0.05) is 0 Å². The summed E-state index contributed by atoms with van der Waals surface area (Å²) in [6, 6.07) is 2.27. The molecule has 0 saturated carbocycles. The number of hydrogen-bond acceptors (Lipinski definition) is 1. The molecule has 0 saturated heterocycles. The predicted molar refractivity (Wildman–Crippen MR) is 40.4 cm³/mol. The fourth-order valence-electron chi connectivity index (χ4n) is 0.849. The van der Waals surface area contributed by atoms with E-state index >= 15 is 0 Å². The smallest absolute Gasteiger partial charge is 0.265 e. The Bertz CT molecular complexity index is 341. The summed E-state index contributed by atoms with van der Waals surface area (Å²) in [6.45, 7) is 0. The van der Waals surface area contributed by atoms with Gasteiger partial charge in [0.05, 0.1) is 4.90 Å².